The summed E-state index contributed by atoms with van der Waals surface area (Å²) in [5, 5.41) is 0. The summed E-state index contributed by atoms with van der Waals surface area (Å²) in [6, 6.07) is 6.76. The molecule has 23 heavy (non-hydrogen) atoms. The number of hydrogen-bond acceptors (Lipinski definition) is 5. The van der Waals surface area contributed by atoms with Crippen molar-refractivity contribution in [2.75, 3.05) is 46.4 Å². The van der Waals surface area contributed by atoms with E-state index in [0.29, 0.717) is 39.3 Å². The second kappa shape index (κ2) is 7.76. The quantitative estimate of drug-likeness (QED) is 0.851. The molecule has 8 heteroatoms. The molecular formula is C15H23N3O4S. The first-order chi connectivity index (χ1) is 10.9. The molecule has 0 radical (unpaired) electrons. The highest BCUT2D eigenvalue weighted by molar-refractivity contribution is 7.89. The van der Waals surface area contributed by atoms with E-state index in [-0.39, 0.29) is 11.0 Å². The Balaban J connectivity index is 1.77. The molecule has 1 N–H and O–H groups in total. The molecule has 0 bridgehead atoms. The fourth-order valence-corrected chi connectivity index (χ4v) is 3.44. The van der Waals surface area contributed by atoms with Crippen molar-refractivity contribution in [1.82, 2.24) is 14.5 Å². The number of carbonyl (C=O) groups excluding carboxylic acids is 1. The molecule has 1 saturated heterocycles. The van der Waals surface area contributed by atoms with Gasteiger partial charge in [-0.25, -0.2) is 17.9 Å². The van der Waals surface area contributed by atoms with Crippen LogP contribution in [0.2, 0.25) is 0 Å². The third kappa shape index (κ3) is 4.92. The van der Waals surface area contributed by atoms with E-state index in [1.165, 1.54) is 7.11 Å². The Bertz CT molecular complexity index is 623. The van der Waals surface area contributed by atoms with Gasteiger partial charge in [-0.05, 0) is 19.1 Å². The predicted molar refractivity (Wildman–Crippen MR) is 86.8 cm³/mol. The zero-order valence-corrected chi connectivity index (χ0v) is 14.3. The van der Waals surface area contributed by atoms with E-state index in [4.69, 9.17) is 0 Å². The number of carbonyl (C=O) groups is 1. The van der Waals surface area contributed by atoms with Gasteiger partial charge >= 0.3 is 6.09 Å². The normalized spacial score (nSPS) is 16.3. The van der Waals surface area contributed by atoms with Gasteiger partial charge in [0.05, 0.1) is 12.0 Å². The van der Waals surface area contributed by atoms with Crippen LogP contribution in [0.3, 0.4) is 0 Å². The molecule has 1 amide bonds. The van der Waals surface area contributed by atoms with Crippen LogP contribution in [0.25, 0.3) is 0 Å². The van der Waals surface area contributed by atoms with E-state index in [0.717, 1.165) is 5.56 Å². The van der Waals surface area contributed by atoms with Gasteiger partial charge in [0, 0.05) is 39.3 Å². The Labute approximate surface area is 137 Å². The average molecular weight is 341 g/mol. The minimum atomic E-state index is -3.47. The lowest BCUT2D eigenvalue weighted by Gasteiger charge is -2.33. The smallest absolute Gasteiger partial charge is 0.409 e. The molecule has 0 aromatic heterocycles. The maximum absolute atomic E-state index is 12.2. The number of amides is 1. The number of hydrogen-bond donors (Lipinski definition) is 1. The fraction of sp³-hybridized carbons (Fsp3) is 0.533. The van der Waals surface area contributed by atoms with E-state index >= 15 is 0 Å². The van der Waals surface area contributed by atoms with Crippen LogP contribution in [0.1, 0.15) is 5.56 Å². The number of sulfonamides is 1. The molecule has 1 aliphatic heterocycles. The van der Waals surface area contributed by atoms with Crippen molar-refractivity contribution in [3.63, 3.8) is 0 Å². The Morgan fingerprint density at radius 2 is 1.78 bits per heavy atom. The maximum atomic E-state index is 12.2. The van der Waals surface area contributed by atoms with Crippen LogP contribution < -0.4 is 4.72 Å². The number of methoxy groups -OCH3 is 1. The maximum Gasteiger partial charge on any atom is 0.409 e. The van der Waals surface area contributed by atoms with Crippen molar-refractivity contribution in [1.29, 1.82) is 0 Å². The van der Waals surface area contributed by atoms with Crippen molar-refractivity contribution in [2.24, 2.45) is 0 Å². The molecule has 7 nitrogen and oxygen atoms in total. The van der Waals surface area contributed by atoms with Crippen molar-refractivity contribution < 1.29 is 17.9 Å². The monoisotopic (exact) mass is 341 g/mol. The van der Waals surface area contributed by atoms with E-state index in [2.05, 4.69) is 14.4 Å². The number of nitrogens with one attached hydrogen (secondary N) is 1. The van der Waals surface area contributed by atoms with Crippen molar-refractivity contribution in [2.45, 2.75) is 11.8 Å². The molecular weight excluding hydrogens is 318 g/mol. The van der Waals surface area contributed by atoms with Crippen LogP contribution in [-0.2, 0) is 14.8 Å². The Morgan fingerprint density at radius 3 is 2.35 bits per heavy atom. The Kier molecular flexibility index (Phi) is 5.97. The Hall–Kier alpha value is -1.64. The van der Waals surface area contributed by atoms with Crippen molar-refractivity contribution >= 4 is 16.1 Å². The predicted octanol–water partition coefficient (Wildman–Crippen LogP) is 0.657. The van der Waals surface area contributed by atoms with Gasteiger partial charge in [0.25, 0.3) is 0 Å². The first-order valence-electron chi connectivity index (χ1n) is 7.54. The highest BCUT2D eigenvalue weighted by atomic mass is 32.2. The molecule has 0 saturated carbocycles. The van der Waals surface area contributed by atoms with Gasteiger partial charge in [-0.1, -0.05) is 17.7 Å². The summed E-state index contributed by atoms with van der Waals surface area (Å²) in [6.07, 6.45) is -0.315. The lowest BCUT2D eigenvalue weighted by molar-refractivity contribution is 0.0918. The van der Waals surface area contributed by atoms with Crippen LogP contribution in [0.4, 0.5) is 4.79 Å². The van der Waals surface area contributed by atoms with Crippen LogP contribution in [0.5, 0.6) is 0 Å². The number of ether oxygens (including phenoxy) is 1. The van der Waals surface area contributed by atoms with Crippen LogP contribution in [0.15, 0.2) is 29.2 Å². The SMILES string of the molecule is COC(=O)N1CCN(CCNS(=O)(=O)c2ccc(C)cc2)CC1. The van der Waals surface area contributed by atoms with Gasteiger partial charge in [-0.15, -0.1) is 0 Å². The molecule has 1 aromatic rings. The number of aryl methyl sites for hydroxylation is 1. The van der Waals surface area contributed by atoms with Gasteiger partial charge in [-0.2, -0.15) is 0 Å². The lowest BCUT2D eigenvalue weighted by atomic mass is 10.2. The van der Waals surface area contributed by atoms with Gasteiger partial charge in [-0.3, -0.25) is 4.90 Å². The summed E-state index contributed by atoms with van der Waals surface area (Å²) >= 11 is 0. The standard InChI is InChI=1S/C15H23N3O4S/c1-13-3-5-14(6-4-13)23(20,21)16-7-8-17-9-11-18(12-10-17)15(19)22-2/h3-6,16H,7-12H2,1-2H3. The van der Waals surface area contributed by atoms with Crippen LogP contribution in [0, 0.1) is 6.92 Å². The van der Waals surface area contributed by atoms with Crippen LogP contribution >= 0.6 is 0 Å². The molecule has 0 unspecified atom stereocenters. The van der Waals surface area contributed by atoms with Gasteiger partial charge in [0.15, 0.2) is 0 Å². The first kappa shape index (κ1) is 17.7. The highest BCUT2D eigenvalue weighted by Crippen LogP contribution is 2.09. The first-order valence-corrected chi connectivity index (χ1v) is 9.02. The van der Waals surface area contributed by atoms with E-state index in [1.54, 1.807) is 29.2 Å². The third-order valence-corrected chi connectivity index (χ3v) is 5.33. The molecule has 2 rings (SSSR count). The van der Waals surface area contributed by atoms with E-state index in [1.807, 2.05) is 6.92 Å². The van der Waals surface area contributed by atoms with Gasteiger partial charge < -0.3 is 9.64 Å². The third-order valence-electron chi connectivity index (χ3n) is 3.86. The molecule has 0 spiro atoms. The number of rotatable bonds is 5. The molecule has 1 heterocycles. The zero-order chi connectivity index (χ0) is 16.9. The summed E-state index contributed by atoms with van der Waals surface area (Å²) in [6.45, 7) is 5.48. The number of nitrogens with zero attached hydrogens (tertiary/aromatic N) is 2. The largest absolute Gasteiger partial charge is 0.453 e. The van der Waals surface area contributed by atoms with Gasteiger partial charge in [0.2, 0.25) is 10.0 Å². The molecule has 0 atom stereocenters. The summed E-state index contributed by atoms with van der Waals surface area (Å²) in [5.41, 5.74) is 1.02. The molecule has 0 aliphatic carbocycles. The summed E-state index contributed by atoms with van der Waals surface area (Å²) in [5.74, 6) is 0. The van der Waals surface area contributed by atoms with E-state index < -0.39 is 10.0 Å². The van der Waals surface area contributed by atoms with Crippen LogP contribution in [-0.4, -0.2) is 70.7 Å². The van der Waals surface area contributed by atoms with Crippen molar-refractivity contribution in [3.05, 3.63) is 29.8 Å². The molecule has 1 fully saturated rings. The van der Waals surface area contributed by atoms with Crippen molar-refractivity contribution in [3.8, 4) is 0 Å². The summed E-state index contributed by atoms with van der Waals surface area (Å²) in [7, 11) is -2.10. The minimum Gasteiger partial charge on any atom is -0.453 e. The highest BCUT2D eigenvalue weighted by Gasteiger charge is 2.21. The molecule has 1 aromatic carbocycles. The zero-order valence-electron chi connectivity index (χ0n) is 13.5. The second-order valence-electron chi connectivity index (χ2n) is 5.51. The fourth-order valence-electron chi connectivity index (χ4n) is 2.42. The number of piperazine rings is 1. The summed E-state index contributed by atoms with van der Waals surface area (Å²) < 4.78 is 31.6. The van der Waals surface area contributed by atoms with Gasteiger partial charge in [0.1, 0.15) is 0 Å². The lowest BCUT2D eigenvalue weighted by Crippen LogP contribution is -2.50. The minimum absolute atomic E-state index is 0.276. The topological polar surface area (TPSA) is 79.0 Å². The Morgan fingerprint density at radius 1 is 1.17 bits per heavy atom. The average Bonchev–Trinajstić information content (AvgIpc) is 2.55. The van der Waals surface area contributed by atoms with E-state index in [9.17, 15) is 13.2 Å². The molecule has 128 valence electrons. The molecule has 1 aliphatic rings. The second-order valence-corrected chi connectivity index (χ2v) is 7.28. The number of benzene rings is 1. The summed E-state index contributed by atoms with van der Waals surface area (Å²) in [4.78, 5) is 15.4.